The van der Waals surface area contributed by atoms with Crippen molar-refractivity contribution in [3.05, 3.63) is 66.8 Å². The lowest BCUT2D eigenvalue weighted by Crippen LogP contribution is -1.91. The van der Waals surface area contributed by atoms with E-state index in [1.54, 1.807) is 12.1 Å². The van der Waals surface area contributed by atoms with Crippen LogP contribution in [0.4, 0.5) is 15.8 Å². The highest BCUT2D eigenvalue weighted by Crippen LogP contribution is 2.18. The fourth-order valence-electron chi connectivity index (χ4n) is 1.31. The monoisotopic (exact) mass is 200 g/mol. The zero-order valence-electron chi connectivity index (χ0n) is 8.20. The van der Waals surface area contributed by atoms with Gasteiger partial charge < -0.3 is 5.32 Å². The van der Waals surface area contributed by atoms with Gasteiger partial charge in [-0.1, -0.05) is 24.3 Å². The molecule has 1 radical (unpaired) electrons. The quantitative estimate of drug-likeness (QED) is 0.778. The molecule has 0 aliphatic heterocycles. The van der Waals surface area contributed by atoms with Crippen LogP contribution in [-0.2, 0) is 0 Å². The second-order valence-corrected chi connectivity index (χ2v) is 3.30. The summed E-state index contributed by atoms with van der Waals surface area (Å²) in [5.74, 6) is -0.295. The predicted molar refractivity (Wildman–Crippen MR) is 60.6 cm³/mol. The van der Waals surface area contributed by atoms with Crippen LogP contribution in [0.5, 0.6) is 0 Å². The Balaban J connectivity index is 2.22. The van der Waals surface area contributed by atoms with E-state index in [4.69, 9.17) is 0 Å². The van der Waals surface area contributed by atoms with Crippen LogP contribution in [0.3, 0.4) is 0 Å². The summed E-state index contributed by atoms with van der Waals surface area (Å²) in [4.78, 5) is 0. The number of anilines is 2. The number of nitrogens with one attached hydrogen (secondary N) is 1. The Morgan fingerprint density at radius 1 is 0.933 bits per heavy atom. The summed E-state index contributed by atoms with van der Waals surface area (Å²) in [7, 11) is 0. The van der Waals surface area contributed by atoms with Gasteiger partial charge in [0.1, 0.15) is 5.82 Å². The van der Waals surface area contributed by atoms with Crippen molar-refractivity contribution >= 4 is 11.4 Å². The van der Waals surface area contributed by atoms with E-state index in [0.29, 0.717) is 5.56 Å². The number of para-hydroxylation sites is 1. The van der Waals surface area contributed by atoms with Crippen LogP contribution in [0.2, 0.25) is 0 Å². The molecule has 0 bridgehead atoms. The first-order chi connectivity index (χ1) is 7.25. The first-order valence-corrected chi connectivity index (χ1v) is 4.69. The van der Waals surface area contributed by atoms with E-state index in [9.17, 15) is 4.39 Å². The summed E-state index contributed by atoms with van der Waals surface area (Å²) in [5, 5.41) is 3.10. The van der Waals surface area contributed by atoms with Gasteiger partial charge in [0.15, 0.2) is 0 Å². The van der Waals surface area contributed by atoms with Gasteiger partial charge in [-0.3, -0.25) is 0 Å². The Hall–Kier alpha value is -1.83. The average molecular weight is 200 g/mol. The highest BCUT2D eigenvalue weighted by atomic mass is 19.1. The Bertz CT molecular complexity index is 451. The van der Waals surface area contributed by atoms with E-state index >= 15 is 0 Å². The normalized spacial score (nSPS) is 10.0. The molecule has 0 fully saturated rings. The molecule has 0 unspecified atom stereocenters. The second-order valence-electron chi connectivity index (χ2n) is 3.30. The van der Waals surface area contributed by atoms with E-state index in [0.717, 1.165) is 11.4 Å². The molecule has 0 aliphatic carbocycles. The van der Waals surface area contributed by atoms with Crippen LogP contribution >= 0.6 is 0 Å². The van der Waals surface area contributed by atoms with Crippen molar-refractivity contribution < 1.29 is 4.39 Å². The van der Waals surface area contributed by atoms with Crippen molar-refractivity contribution in [2.75, 3.05) is 5.32 Å². The lowest BCUT2D eigenvalue weighted by Gasteiger charge is -2.06. The van der Waals surface area contributed by atoms with Gasteiger partial charge in [0.25, 0.3) is 0 Å². The standard InChI is InChI=1S/C13H11FN/c1-10-7-8-12(9-13(10)14)15-11-5-3-2-4-6-11/h2-9,15H,1H2. The summed E-state index contributed by atoms with van der Waals surface area (Å²) in [6.45, 7) is 3.57. The maximum absolute atomic E-state index is 13.2. The maximum Gasteiger partial charge on any atom is 0.128 e. The van der Waals surface area contributed by atoms with Crippen LogP contribution in [0, 0.1) is 12.7 Å². The van der Waals surface area contributed by atoms with E-state index < -0.39 is 0 Å². The minimum atomic E-state index is -0.295. The molecule has 1 N–H and O–H groups in total. The number of hydrogen-bond donors (Lipinski definition) is 1. The zero-order chi connectivity index (χ0) is 10.7. The lowest BCUT2D eigenvalue weighted by molar-refractivity contribution is 0.623. The Morgan fingerprint density at radius 3 is 2.33 bits per heavy atom. The van der Waals surface area contributed by atoms with Crippen molar-refractivity contribution in [3.8, 4) is 0 Å². The summed E-state index contributed by atoms with van der Waals surface area (Å²) in [5.41, 5.74) is 2.08. The van der Waals surface area contributed by atoms with Crippen LogP contribution in [0.25, 0.3) is 0 Å². The number of halogens is 1. The van der Waals surface area contributed by atoms with Crippen molar-refractivity contribution in [1.29, 1.82) is 0 Å². The summed E-state index contributed by atoms with van der Waals surface area (Å²) >= 11 is 0. The third kappa shape index (κ3) is 2.34. The highest BCUT2D eigenvalue weighted by molar-refractivity contribution is 5.59. The smallest absolute Gasteiger partial charge is 0.128 e. The molecule has 15 heavy (non-hydrogen) atoms. The molecular formula is C13H11FN. The third-order valence-corrected chi connectivity index (χ3v) is 2.12. The fraction of sp³-hybridized carbons (Fsp3) is 0. The third-order valence-electron chi connectivity index (χ3n) is 2.12. The fourth-order valence-corrected chi connectivity index (χ4v) is 1.31. The summed E-state index contributed by atoms with van der Waals surface area (Å²) < 4.78 is 13.2. The number of rotatable bonds is 2. The Labute approximate surface area is 88.6 Å². The average Bonchev–Trinajstić information content (AvgIpc) is 2.25. The van der Waals surface area contributed by atoms with Gasteiger partial charge in [0.2, 0.25) is 0 Å². The topological polar surface area (TPSA) is 12.0 Å². The van der Waals surface area contributed by atoms with E-state index in [2.05, 4.69) is 12.2 Å². The van der Waals surface area contributed by atoms with Crippen LogP contribution in [0.1, 0.15) is 5.56 Å². The van der Waals surface area contributed by atoms with E-state index in [-0.39, 0.29) is 5.82 Å². The summed E-state index contributed by atoms with van der Waals surface area (Å²) in [6, 6.07) is 14.5. The minimum absolute atomic E-state index is 0.295. The minimum Gasteiger partial charge on any atom is -0.355 e. The van der Waals surface area contributed by atoms with Gasteiger partial charge in [-0.15, -0.1) is 0 Å². The van der Waals surface area contributed by atoms with Crippen LogP contribution in [-0.4, -0.2) is 0 Å². The number of benzene rings is 2. The van der Waals surface area contributed by atoms with E-state index in [1.165, 1.54) is 6.07 Å². The van der Waals surface area contributed by atoms with Crippen LogP contribution < -0.4 is 5.32 Å². The molecule has 0 amide bonds. The molecule has 75 valence electrons. The van der Waals surface area contributed by atoms with Gasteiger partial charge in [-0.2, -0.15) is 0 Å². The first kappa shape index (κ1) is 9.71. The second kappa shape index (κ2) is 4.13. The van der Waals surface area contributed by atoms with Crippen molar-refractivity contribution in [2.45, 2.75) is 0 Å². The molecule has 2 rings (SSSR count). The SMILES string of the molecule is [CH2]c1ccc(Nc2ccccc2)cc1F. The van der Waals surface area contributed by atoms with Crippen molar-refractivity contribution in [2.24, 2.45) is 0 Å². The molecule has 0 saturated carbocycles. The van der Waals surface area contributed by atoms with Crippen molar-refractivity contribution in [1.82, 2.24) is 0 Å². The van der Waals surface area contributed by atoms with Gasteiger partial charge in [0, 0.05) is 11.4 Å². The molecular weight excluding hydrogens is 189 g/mol. The first-order valence-electron chi connectivity index (χ1n) is 4.69. The Morgan fingerprint density at radius 2 is 1.67 bits per heavy atom. The van der Waals surface area contributed by atoms with E-state index in [1.807, 2.05) is 30.3 Å². The van der Waals surface area contributed by atoms with Crippen LogP contribution in [0.15, 0.2) is 48.5 Å². The lowest BCUT2D eigenvalue weighted by atomic mass is 10.2. The molecule has 2 heteroatoms. The largest absolute Gasteiger partial charge is 0.355 e. The molecule has 0 atom stereocenters. The molecule has 0 aromatic heterocycles. The maximum atomic E-state index is 13.2. The molecule has 0 heterocycles. The zero-order valence-corrected chi connectivity index (χ0v) is 8.20. The van der Waals surface area contributed by atoms with Gasteiger partial charge >= 0.3 is 0 Å². The van der Waals surface area contributed by atoms with Crippen molar-refractivity contribution in [3.63, 3.8) is 0 Å². The van der Waals surface area contributed by atoms with Gasteiger partial charge in [0.05, 0.1) is 0 Å². The molecule has 0 saturated heterocycles. The highest BCUT2D eigenvalue weighted by Gasteiger charge is 1.99. The predicted octanol–water partition coefficient (Wildman–Crippen LogP) is 3.75. The molecule has 0 spiro atoms. The number of hydrogen-bond acceptors (Lipinski definition) is 1. The van der Waals surface area contributed by atoms with Gasteiger partial charge in [-0.25, -0.2) is 4.39 Å². The molecule has 2 aromatic rings. The molecule has 2 aromatic carbocycles. The molecule has 1 nitrogen and oxygen atoms in total. The molecule has 0 aliphatic rings. The van der Waals surface area contributed by atoms with Gasteiger partial charge in [-0.05, 0) is 36.8 Å². The Kier molecular flexibility index (Phi) is 2.68. The summed E-state index contributed by atoms with van der Waals surface area (Å²) in [6.07, 6.45) is 0.